The smallest absolute Gasteiger partial charge is 0.416 e. The fourth-order valence-corrected chi connectivity index (χ4v) is 4.01. The molecule has 0 atom stereocenters. The summed E-state index contributed by atoms with van der Waals surface area (Å²) in [6.45, 7) is 0. The van der Waals surface area contributed by atoms with E-state index in [1.54, 1.807) is 0 Å². The van der Waals surface area contributed by atoms with Gasteiger partial charge in [-0.15, -0.1) is 0 Å². The third-order valence-electron chi connectivity index (χ3n) is 4.34. The summed E-state index contributed by atoms with van der Waals surface area (Å²) in [5.74, 6) is -0.496. The highest BCUT2D eigenvalue weighted by atomic mass is 32.2. The van der Waals surface area contributed by atoms with Gasteiger partial charge in [0.2, 0.25) is 0 Å². The third-order valence-corrected chi connectivity index (χ3v) is 5.50. The van der Waals surface area contributed by atoms with Crippen molar-refractivity contribution in [2.24, 2.45) is 0 Å². The summed E-state index contributed by atoms with van der Waals surface area (Å²) in [5, 5.41) is 2.41. The fraction of sp³-hybridized carbons (Fsp3) is 0.200. The topological polar surface area (TPSA) is 47.6 Å². The maximum absolute atomic E-state index is 13.3. The monoisotopic (exact) mass is 493 g/mol. The molecule has 2 aromatic rings. The first-order valence-corrected chi connectivity index (χ1v) is 9.86. The number of carbonyl (C=O) groups excluding carboxylic acids is 1. The van der Waals surface area contributed by atoms with Gasteiger partial charge in [0.25, 0.3) is 5.91 Å². The zero-order valence-corrected chi connectivity index (χ0v) is 17.9. The molecule has 12 heteroatoms. The summed E-state index contributed by atoms with van der Waals surface area (Å²) in [6.07, 6.45) is -8.63. The van der Waals surface area contributed by atoms with Gasteiger partial charge in [0.15, 0.2) is 11.5 Å². The van der Waals surface area contributed by atoms with Crippen molar-refractivity contribution in [1.82, 2.24) is 5.32 Å². The molecule has 0 spiro atoms. The van der Waals surface area contributed by atoms with E-state index in [1.165, 1.54) is 32.4 Å². The van der Waals surface area contributed by atoms with Crippen LogP contribution in [0.5, 0.6) is 11.5 Å². The summed E-state index contributed by atoms with van der Waals surface area (Å²) >= 11 is 5.88. The second-order valence-electron chi connectivity index (χ2n) is 6.45. The maximum atomic E-state index is 13.3. The largest absolute Gasteiger partial charge is 0.493 e. The zero-order chi connectivity index (χ0) is 23.8. The number of rotatable bonds is 4. The first-order valence-electron chi connectivity index (χ1n) is 8.64. The Morgan fingerprint density at radius 1 is 0.938 bits per heavy atom. The molecule has 1 fully saturated rings. The molecule has 4 nitrogen and oxygen atoms in total. The number of nitrogens with one attached hydrogen (secondary N) is 1. The van der Waals surface area contributed by atoms with Crippen LogP contribution in [0, 0.1) is 0 Å². The minimum absolute atomic E-state index is 0.0412. The van der Waals surface area contributed by atoms with Crippen LogP contribution in [0.3, 0.4) is 0 Å². The Morgan fingerprint density at radius 2 is 1.53 bits per heavy atom. The number of hydrogen-bond acceptors (Lipinski definition) is 5. The first kappa shape index (κ1) is 23.9. The number of halogens is 6. The molecular weight excluding hydrogens is 480 g/mol. The van der Waals surface area contributed by atoms with Crippen molar-refractivity contribution >= 4 is 40.3 Å². The maximum Gasteiger partial charge on any atom is 0.416 e. The van der Waals surface area contributed by atoms with Crippen molar-refractivity contribution in [2.75, 3.05) is 14.2 Å². The second kappa shape index (κ2) is 8.66. The van der Waals surface area contributed by atoms with Crippen LogP contribution < -0.4 is 14.8 Å². The van der Waals surface area contributed by atoms with E-state index < -0.39 is 29.4 Å². The Labute approximate surface area is 187 Å². The molecule has 1 aliphatic rings. The fourth-order valence-electron chi connectivity index (χ4n) is 2.97. The van der Waals surface area contributed by atoms with Gasteiger partial charge in [-0.2, -0.15) is 26.3 Å². The van der Waals surface area contributed by atoms with Crippen LogP contribution in [0.2, 0.25) is 0 Å². The summed E-state index contributed by atoms with van der Waals surface area (Å²) in [7, 11) is 2.47. The van der Waals surface area contributed by atoms with E-state index in [-0.39, 0.29) is 43.5 Å². The van der Waals surface area contributed by atoms with E-state index in [0.717, 1.165) is 11.8 Å². The molecule has 1 heterocycles. The van der Waals surface area contributed by atoms with Gasteiger partial charge in [0, 0.05) is 5.56 Å². The van der Waals surface area contributed by atoms with Crippen LogP contribution in [0.1, 0.15) is 16.7 Å². The minimum Gasteiger partial charge on any atom is -0.493 e. The Hall–Kier alpha value is -2.73. The van der Waals surface area contributed by atoms with Gasteiger partial charge in [-0.1, -0.05) is 24.0 Å². The summed E-state index contributed by atoms with van der Waals surface area (Å²) in [4.78, 5) is 12.1. The van der Waals surface area contributed by atoms with Crippen LogP contribution in [-0.2, 0) is 17.1 Å². The normalized spacial score (nSPS) is 15.8. The predicted octanol–water partition coefficient (Wildman–Crippen LogP) is 5.90. The highest BCUT2D eigenvalue weighted by molar-refractivity contribution is 8.26. The number of alkyl halides is 6. The lowest BCUT2D eigenvalue weighted by Crippen LogP contribution is -2.17. The van der Waals surface area contributed by atoms with Crippen LogP contribution in [-0.4, -0.2) is 24.4 Å². The lowest BCUT2D eigenvalue weighted by molar-refractivity contribution is -0.143. The van der Waals surface area contributed by atoms with Crippen molar-refractivity contribution < 1.29 is 40.6 Å². The highest BCUT2D eigenvalue weighted by Crippen LogP contribution is 2.44. The number of thiocarbonyl (C=S) groups is 1. The van der Waals surface area contributed by atoms with E-state index in [9.17, 15) is 31.1 Å². The molecule has 1 saturated heterocycles. The second-order valence-corrected chi connectivity index (χ2v) is 8.17. The summed E-state index contributed by atoms with van der Waals surface area (Å²) in [6, 6.07) is 3.97. The first-order chi connectivity index (χ1) is 14.8. The van der Waals surface area contributed by atoms with Gasteiger partial charge in [-0.05, 0) is 47.5 Å². The Kier molecular flexibility index (Phi) is 6.47. The van der Waals surface area contributed by atoms with E-state index >= 15 is 0 Å². The number of hydrogen-bond donors (Lipinski definition) is 1. The van der Waals surface area contributed by atoms with E-state index in [0.29, 0.717) is 12.1 Å². The molecule has 0 bridgehead atoms. The number of ether oxygens (including phenoxy) is 2. The lowest BCUT2D eigenvalue weighted by atomic mass is 9.96. The molecule has 170 valence electrons. The number of benzene rings is 2. The molecule has 0 unspecified atom stereocenters. The molecule has 0 radical (unpaired) electrons. The van der Waals surface area contributed by atoms with Gasteiger partial charge in [0.1, 0.15) is 4.32 Å². The predicted molar refractivity (Wildman–Crippen MR) is 111 cm³/mol. The van der Waals surface area contributed by atoms with Crippen LogP contribution in [0.15, 0.2) is 35.2 Å². The molecule has 2 aromatic carbocycles. The standard InChI is InChI=1S/C20H13F6NO3S2/c1-29-14-4-9(5-15-17(28)27-18(31)32-15)3-13(16(14)30-2)10-6-11(19(21,22)23)8-12(7-10)20(24,25)26/h3-8H,1-2H3,(H,27,28,31)/b15-5-. The molecule has 0 aromatic heterocycles. The molecule has 0 saturated carbocycles. The Balaban J connectivity index is 2.28. The molecule has 1 N–H and O–H groups in total. The van der Waals surface area contributed by atoms with Gasteiger partial charge in [-0.3, -0.25) is 4.79 Å². The van der Waals surface area contributed by atoms with E-state index in [1.807, 2.05) is 0 Å². The SMILES string of the molecule is COc1cc(/C=C2\SC(=S)NC2=O)cc(-c2cc(C(F)(F)F)cc(C(F)(F)F)c2)c1OC. The van der Waals surface area contributed by atoms with Gasteiger partial charge in [0.05, 0.1) is 30.3 Å². The third kappa shape index (κ3) is 5.01. The van der Waals surface area contributed by atoms with Gasteiger partial charge in [-0.25, -0.2) is 0 Å². The minimum atomic E-state index is -5.01. The number of thioether (sulfide) groups is 1. The van der Waals surface area contributed by atoms with Crippen molar-refractivity contribution in [1.29, 1.82) is 0 Å². The average molecular weight is 493 g/mol. The van der Waals surface area contributed by atoms with Crippen LogP contribution in [0.25, 0.3) is 17.2 Å². The average Bonchev–Trinajstić information content (AvgIpc) is 3.02. The van der Waals surface area contributed by atoms with Gasteiger partial charge < -0.3 is 14.8 Å². The lowest BCUT2D eigenvalue weighted by Gasteiger charge is -2.18. The molecule has 1 aliphatic heterocycles. The van der Waals surface area contributed by atoms with Crippen molar-refractivity contribution in [2.45, 2.75) is 12.4 Å². The van der Waals surface area contributed by atoms with Gasteiger partial charge >= 0.3 is 12.4 Å². The molecule has 3 rings (SSSR count). The summed E-state index contributed by atoms with van der Waals surface area (Å²) in [5.41, 5.74) is -3.12. The van der Waals surface area contributed by atoms with E-state index in [4.69, 9.17) is 21.7 Å². The van der Waals surface area contributed by atoms with Crippen LogP contribution in [0.4, 0.5) is 26.3 Å². The number of amides is 1. The molecule has 1 amide bonds. The van der Waals surface area contributed by atoms with Crippen molar-refractivity contribution in [3.05, 3.63) is 51.9 Å². The number of methoxy groups -OCH3 is 2. The number of carbonyl (C=O) groups is 1. The van der Waals surface area contributed by atoms with Crippen LogP contribution >= 0.6 is 24.0 Å². The zero-order valence-electron chi connectivity index (χ0n) is 16.3. The molecule has 32 heavy (non-hydrogen) atoms. The quantitative estimate of drug-likeness (QED) is 0.327. The molecule has 0 aliphatic carbocycles. The van der Waals surface area contributed by atoms with Crippen molar-refractivity contribution in [3.63, 3.8) is 0 Å². The van der Waals surface area contributed by atoms with E-state index in [2.05, 4.69) is 5.32 Å². The molecular formula is C20H13F6NO3S2. The highest BCUT2D eigenvalue weighted by Gasteiger charge is 2.37. The summed E-state index contributed by atoms with van der Waals surface area (Å²) < 4.78 is 90.6. The Bertz CT molecular complexity index is 1090. The Morgan fingerprint density at radius 3 is 1.97 bits per heavy atom. The van der Waals surface area contributed by atoms with Crippen molar-refractivity contribution in [3.8, 4) is 22.6 Å².